The first kappa shape index (κ1) is 15.9. The Morgan fingerprint density at radius 1 is 0.600 bits per heavy atom. The summed E-state index contributed by atoms with van der Waals surface area (Å²) in [7, 11) is 0. The number of halogens is 2. The first-order valence-corrected chi connectivity index (χ1v) is 8.11. The zero-order chi connectivity index (χ0) is 15.2. The molecule has 0 N–H and O–H groups in total. The summed E-state index contributed by atoms with van der Waals surface area (Å²) in [5.74, 6) is 0.797. The second-order valence-electron chi connectivity index (χ2n) is 6.24. The van der Waals surface area contributed by atoms with Gasteiger partial charge in [0, 0.05) is 21.9 Å². The fourth-order valence-corrected chi connectivity index (χ4v) is 4.22. The maximum absolute atomic E-state index is 6.51. The third kappa shape index (κ3) is 2.42. The largest absolute Gasteiger partial charge is 0.0882 e. The van der Waals surface area contributed by atoms with Gasteiger partial charge in [-0.1, -0.05) is 34.3 Å². The Hall–Kier alpha value is -0.460. The number of hydrogen-bond acceptors (Lipinski definition) is 0. The van der Waals surface area contributed by atoms with Crippen LogP contribution in [0.2, 0.25) is 0 Å². The molecule has 0 amide bonds. The van der Waals surface area contributed by atoms with Crippen LogP contribution in [0.15, 0.2) is 43.5 Å². The van der Waals surface area contributed by atoms with Crippen molar-refractivity contribution in [3.05, 3.63) is 43.5 Å². The molecule has 0 spiro atoms. The smallest absolute Gasteiger partial charge is 0.0284 e. The quantitative estimate of drug-likeness (QED) is 0.542. The van der Waals surface area contributed by atoms with E-state index in [9.17, 15) is 0 Å². The van der Waals surface area contributed by atoms with Crippen LogP contribution in [-0.2, 0) is 0 Å². The van der Waals surface area contributed by atoms with Gasteiger partial charge in [-0.05, 0) is 76.7 Å². The Morgan fingerprint density at radius 2 is 0.900 bits per heavy atom. The third-order valence-corrected chi connectivity index (χ3v) is 6.52. The molecule has 2 unspecified atom stereocenters. The molecule has 0 fully saturated rings. The maximum Gasteiger partial charge on any atom is 0.0284 e. The van der Waals surface area contributed by atoms with Gasteiger partial charge >= 0.3 is 0 Å². The lowest BCUT2D eigenvalue weighted by atomic mass is 9.89. The standard InChI is InChI=1S/C18H24Cl2/c1-9-11(3)15(17(19)13(9)5)7-8-16-12(4)10(2)14(6)18(16)20/h15-16H,7-8H2,1-6H3. The number of allylic oxidation sites excluding steroid dienone is 8. The normalized spacial score (nSPS) is 27.6. The van der Waals surface area contributed by atoms with Crippen molar-refractivity contribution in [1.29, 1.82) is 0 Å². The molecule has 2 heteroatoms. The molecular weight excluding hydrogens is 287 g/mol. The highest BCUT2D eigenvalue weighted by atomic mass is 35.5. The van der Waals surface area contributed by atoms with Crippen LogP contribution in [0.25, 0.3) is 0 Å². The van der Waals surface area contributed by atoms with Gasteiger partial charge in [-0.25, -0.2) is 0 Å². The number of hydrogen-bond donors (Lipinski definition) is 0. The average molecular weight is 311 g/mol. The summed E-state index contributed by atoms with van der Waals surface area (Å²) in [5, 5.41) is 2.07. The molecular formula is C18H24Cl2. The van der Waals surface area contributed by atoms with Crippen molar-refractivity contribution in [2.24, 2.45) is 11.8 Å². The van der Waals surface area contributed by atoms with Crippen LogP contribution in [0, 0.1) is 11.8 Å². The molecule has 110 valence electrons. The van der Waals surface area contributed by atoms with Gasteiger partial charge in [0.05, 0.1) is 0 Å². The van der Waals surface area contributed by atoms with Crippen LogP contribution in [0.5, 0.6) is 0 Å². The molecule has 2 aliphatic rings. The average Bonchev–Trinajstić information content (AvgIpc) is 2.72. The van der Waals surface area contributed by atoms with E-state index in [1.165, 1.54) is 33.4 Å². The zero-order valence-corrected chi connectivity index (χ0v) is 14.8. The summed E-state index contributed by atoms with van der Waals surface area (Å²) in [5.41, 5.74) is 8.13. The Bertz CT molecular complexity index is 470. The SMILES string of the molecule is CC1=C(C)C(CCC2C(C)=C(C)C(C)=C2Cl)C(Cl)=C1C. The summed E-state index contributed by atoms with van der Waals surface area (Å²) in [6.07, 6.45) is 2.16. The molecule has 0 aromatic carbocycles. The first-order valence-electron chi connectivity index (χ1n) is 7.35. The van der Waals surface area contributed by atoms with Crippen LogP contribution in [-0.4, -0.2) is 0 Å². The molecule has 0 saturated carbocycles. The van der Waals surface area contributed by atoms with Crippen LogP contribution >= 0.6 is 23.2 Å². The zero-order valence-electron chi connectivity index (χ0n) is 13.3. The van der Waals surface area contributed by atoms with Crippen LogP contribution in [0.3, 0.4) is 0 Å². The van der Waals surface area contributed by atoms with Crippen molar-refractivity contribution >= 4 is 23.2 Å². The van der Waals surface area contributed by atoms with Gasteiger partial charge < -0.3 is 0 Å². The second kappa shape index (κ2) is 5.73. The molecule has 0 heterocycles. The monoisotopic (exact) mass is 310 g/mol. The summed E-state index contributed by atoms with van der Waals surface area (Å²) < 4.78 is 0. The maximum atomic E-state index is 6.51. The van der Waals surface area contributed by atoms with Crippen LogP contribution in [0.4, 0.5) is 0 Å². The predicted octanol–water partition coefficient (Wildman–Crippen LogP) is 6.72. The lowest BCUT2D eigenvalue weighted by molar-refractivity contribution is 0.559. The van der Waals surface area contributed by atoms with Gasteiger partial charge in [-0.15, -0.1) is 0 Å². The molecule has 0 aromatic heterocycles. The van der Waals surface area contributed by atoms with Gasteiger partial charge in [0.25, 0.3) is 0 Å². The first-order chi connectivity index (χ1) is 9.27. The Balaban J connectivity index is 2.13. The van der Waals surface area contributed by atoms with Crippen molar-refractivity contribution in [2.45, 2.75) is 54.4 Å². The minimum atomic E-state index is 0.398. The van der Waals surface area contributed by atoms with Crippen molar-refractivity contribution in [3.8, 4) is 0 Å². The van der Waals surface area contributed by atoms with E-state index in [-0.39, 0.29) is 0 Å². The fourth-order valence-electron chi connectivity index (χ4n) is 3.40. The molecule has 0 aliphatic heterocycles. The number of rotatable bonds is 3. The van der Waals surface area contributed by atoms with E-state index in [4.69, 9.17) is 23.2 Å². The third-order valence-electron chi connectivity index (χ3n) is 5.43. The van der Waals surface area contributed by atoms with Gasteiger partial charge in [0.2, 0.25) is 0 Å². The van der Waals surface area contributed by atoms with E-state index in [1.54, 1.807) is 0 Å². The lowest BCUT2D eigenvalue weighted by Crippen LogP contribution is -2.06. The van der Waals surface area contributed by atoms with Crippen molar-refractivity contribution in [3.63, 3.8) is 0 Å². The van der Waals surface area contributed by atoms with E-state index in [2.05, 4.69) is 41.5 Å². The summed E-state index contributed by atoms with van der Waals surface area (Å²) in [4.78, 5) is 0. The predicted molar refractivity (Wildman–Crippen MR) is 90.1 cm³/mol. The minimum Gasteiger partial charge on any atom is -0.0882 e. The molecule has 0 saturated heterocycles. The van der Waals surface area contributed by atoms with Crippen molar-refractivity contribution < 1.29 is 0 Å². The summed E-state index contributed by atoms with van der Waals surface area (Å²) in [6.45, 7) is 13.0. The minimum absolute atomic E-state index is 0.398. The van der Waals surface area contributed by atoms with Crippen LogP contribution in [0.1, 0.15) is 54.4 Å². The molecule has 0 radical (unpaired) electrons. The lowest BCUT2D eigenvalue weighted by Gasteiger charge is -2.18. The van der Waals surface area contributed by atoms with Gasteiger partial charge in [0.1, 0.15) is 0 Å². The van der Waals surface area contributed by atoms with Gasteiger partial charge in [-0.3, -0.25) is 0 Å². The molecule has 20 heavy (non-hydrogen) atoms. The highest BCUT2D eigenvalue weighted by Crippen LogP contribution is 2.46. The van der Waals surface area contributed by atoms with Crippen LogP contribution < -0.4 is 0 Å². The molecule has 2 aliphatic carbocycles. The topological polar surface area (TPSA) is 0 Å². The van der Waals surface area contributed by atoms with E-state index < -0.39 is 0 Å². The highest BCUT2D eigenvalue weighted by molar-refractivity contribution is 6.31. The van der Waals surface area contributed by atoms with E-state index in [0.717, 1.165) is 22.9 Å². The second-order valence-corrected chi connectivity index (χ2v) is 7.06. The highest BCUT2D eigenvalue weighted by Gasteiger charge is 2.30. The summed E-state index contributed by atoms with van der Waals surface area (Å²) >= 11 is 13.0. The van der Waals surface area contributed by atoms with E-state index in [0.29, 0.717) is 11.8 Å². The molecule has 0 bridgehead atoms. The van der Waals surface area contributed by atoms with E-state index >= 15 is 0 Å². The Morgan fingerprint density at radius 3 is 1.10 bits per heavy atom. The molecule has 0 nitrogen and oxygen atoms in total. The Kier molecular flexibility index (Phi) is 4.56. The summed E-state index contributed by atoms with van der Waals surface area (Å²) in [6, 6.07) is 0. The Labute approximate surface area is 133 Å². The molecule has 0 aromatic rings. The van der Waals surface area contributed by atoms with E-state index in [1.807, 2.05) is 0 Å². The van der Waals surface area contributed by atoms with Crippen molar-refractivity contribution in [1.82, 2.24) is 0 Å². The van der Waals surface area contributed by atoms with Gasteiger partial charge in [-0.2, -0.15) is 0 Å². The van der Waals surface area contributed by atoms with Gasteiger partial charge in [0.15, 0.2) is 0 Å². The molecule has 2 atom stereocenters. The fraction of sp³-hybridized carbons (Fsp3) is 0.556. The molecule has 2 rings (SSSR count). The van der Waals surface area contributed by atoms with Crippen molar-refractivity contribution in [2.75, 3.05) is 0 Å².